The van der Waals surface area contributed by atoms with E-state index < -0.39 is 0 Å². The van der Waals surface area contributed by atoms with Gasteiger partial charge in [0.2, 0.25) is 0 Å². The maximum absolute atomic E-state index is 6.10. The Kier molecular flexibility index (Phi) is 3.54. The summed E-state index contributed by atoms with van der Waals surface area (Å²) in [6, 6.07) is 25.0. The molecular formula is C21H18N2O. The number of aryl methyl sites for hydroxylation is 2. The molecular weight excluding hydrogens is 296 g/mol. The number of imidazole rings is 1. The summed E-state index contributed by atoms with van der Waals surface area (Å²) in [6.45, 7) is 4.15. The highest BCUT2D eigenvalue weighted by Crippen LogP contribution is 2.30. The number of hydrogen-bond acceptors (Lipinski definition) is 2. The highest BCUT2D eigenvalue weighted by atomic mass is 16.5. The van der Waals surface area contributed by atoms with E-state index >= 15 is 0 Å². The molecule has 0 bridgehead atoms. The lowest BCUT2D eigenvalue weighted by Crippen LogP contribution is -1.98. The second kappa shape index (κ2) is 5.85. The third-order valence-corrected chi connectivity index (χ3v) is 4.02. The molecule has 1 aromatic heterocycles. The van der Waals surface area contributed by atoms with Gasteiger partial charge in [0.15, 0.2) is 0 Å². The summed E-state index contributed by atoms with van der Waals surface area (Å²) in [5.41, 5.74) is 5.40. The van der Waals surface area contributed by atoms with Gasteiger partial charge in [0.1, 0.15) is 5.75 Å². The van der Waals surface area contributed by atoms with E-state index in [0.29, 0.717) is 6.01 Å². The number of hydrogen-bond donors (Lipinski definition) is 0. The molecule has 0 saturated carbocycles. The van der Waals surface area contributed by atoms with E-state index in [9.17, 15) is 0 Å². The molecule has 0 aliphatic heterocycles. The van der Waals surface area contributed by atoms with Gasteiger partial charge in [-0.1, -0.05) is 42.0 Å². The molecule has 0 aliphatic rings. The van der Waals surface area contributed by atoms with Gasteiger partial charge in [-0.05, 0) is 55.8 Å². The number of aromatic nitrogens is 2. The molecule has 4 aromatic rings. The quantitative estimate of drug-likeness (QED) is 0.504. The SMILES string of the molecule is Cc1ccc(Oc2nc3ccc(C)cc3n2-c2ccccc2)cc1. The van der Waals surface area contributed by atoms with Crippen molar-refractivity contribution in [2.24, 2.45) is 0 Å². The molecule has 0 unspecified atom stereocenters. The second-order valence-electron chi connectivity index (χ2n) is 5.97. The van der Waals surface area contributed by atoms with E-state index in [1.165, 1.54) is 11.1 Å². The van der Waals surface area contributed by atoms with E-state index in [-0.39, 0.29) is 0 Å². The molecule has 0 radical (unpaired) electrons. The fraction of sp³-hybridized carbons (Fsp3) is 0.0952. The van der Waals surface area contributed by atoms with Crippen LogP contribution in [0.4, 0.5) is 0 Å². The Morgan fingerprint density at radius 2 is 1.50 bits per heavy atom. The van der Waals surface area contributed by atoms with Crippen molar-refractivity contribution in [3.63, 3.8) is 0 Å². The number of nitrogens with zero attached hydrogens (tertiary/aromatic N) is 2. The van der Waals surface area contributed by atoms with Crippen molar-refractivity contribution in [1.82, 2.24) is 9.55 Å². The van der Waals surface area contributed by atoms with Crippen molar-refractivity contribution in [2.45, 2.75) is 13.8 Å². The molecule has 3 aromatic carbocycles. The molecule has 0 atom stereocenters. The van der Waals surface area contributed by atoms with Gasteiger partial charge in [0.05, 0.1) is 16.7 Å². The van der Waals surface area contributed by atoms with Crippen molar-refractivity contribution in [3.05, 3.63) is 83.9 Å². The Hall–Kier alpha value is -3.07. The first-order valence-corrected chi connectivity index (χ1v) is 8.00. The average Bonchev–Trinajstić information content (AvgIpc) is 2.95. The van der Waals surface area contributed by atoms with Gasteiger partial charge in [0, 0.05) is 0 Å². The zero-order chi connectivity index (χ0) is 16.5. The summed E-state index contributed by atoms with van der Waals surface area (Å²) in [5.74, 6) is 0.782. The highest BCUT2D eigenvalue weighted by Gasteiger charge is 2.14. The molecule has 3 nitrogen and oxygen atoms in total. The van der Waals surface area contributed by atoms with Crippen LogP contribution in [0.1, 0.15) is 11.1 Å². The Bertz CT molecular complexity index is 986. The molecule has 0 aliphatic carbocycles. The van der Waals surface area contributed by atoms with Crippen LogP contribution in [0, 0.1) is 13.8 Å². The summed E-state index contributed by atoms with van der Waals surface area (Å²) in [5, 5.41) is 0. The Labute approximate surface area is 141 Å². The van der Waals surface area contributed by atoms with Crippen molar-refractivity contribution >= 4 is 11.0 Å². The van der Waals surface area contributed by atoms with Gasteiger partial charge in [-0.15, -0.1) is 0 Å². The molecule has 1 heterocycles. The average molecular weight is 314 g/mol. The van der Waals surface area contributed by atoms with Crippen LogP contribution in [0.25, 0.3) is 16.7 Å². The fourth-order valence-electron chi connectivity index (χ4n) is 2.77. The molecule has 118 valence electrons. The summed E-state index contributed by atoms with van der Waals surface area (Å²) in [4.78, 5) is 4.69. The first-order chi connectivity index (χ1) is 11.7. The van der Waals surface area contributed by atoms with Crippen molar-refractivity contribution in [1.29, 1.82) is 0 Å². The maximum atomic E-state index is 6.10. The van der Waals surface area contributed by atoms with Gasteiger partial charge in [-0.3, -0.25) is 4.57 Å². The Morgan fingerprint density at radius 3 is 2.25 bits per heavy atom. The minimum atomic E-state index is 0.575. The summed E-state index contributed by atoms with van der Waals surface area (Å²) in [6.07, 6.45) is 0. The monoisotopic (exact) mass is 314 g/mol. The molecule has 0 N–H and O–H groups in total. The van der Waals surface area contributed by atoms with Crippen LogP contribution in [0.3, 0.4) is 0 Å². The van der Waals surface area contributed by atoms with Gasteiger partial charge in [0.25, 0.3) is 0 Å². The van der Waals surface area contributed by atoms with Crippen LogP contribution in [-0.4, -0.2) is 9.55 Å². The number of fused-ring (bicyclic) bond motifs is 1. The third-order valence-electron chi connectivity index (χ3n) is 4.02. The number of ether oxygens (including phenoxy) is 1. The normalized spacial score (nSPS) is 10.9. The van der Waals surface area contributed by atoms with Crippen LogP contribution in [-0.2, 0) is 0 Å². The predicted octanol–water partition coefficient (Wildman–Crippen LogP) is 5.43. The summed E-state index contributed by atoms with van der Waals surface area (Å²) >= 11 is 0. The predicted molar refractivity (Wildman–Crippen MR) is 97.1 cm³/mol. The Morgan fingerprint density at radius 1 is 0.792 bits per heavy atom. The highest BCUT2D eigenvalue weighted by molar-refractivity contribution is 5.80. The van der Waals surface area contributed by atoms with E-state index in [4.69, 9.17) is 4.74 Å². The fourth-order valence-corrected chi connectivity index (χ4v) is 2.77. The minimum Gasteiger partial charge on any atom is -0.425 e. The van der Waals surface area contributed by atoms with E-state index in [1.54, 1.807) is 0 Å². The number of rotatable bonds is 3. The van der Waals surface area contributed by atoms with Gasteiger partial charge in [-0.2, -0.15) is 4.98 Å². The molecule has 0 amide bonds. The summed E-state index contributed by atoms with van der Waals surface area (Å²) < 4.78 is 8.15. The Balaban J connectivity index is 1.89. The van der Waals surface area contributed by atoms with E-state index in [2.05, 4.69) is 47.7 Å². The zero-order valence-electron chi connectivity index (χ0n) is 13.7. The molecule has 3 heteroatoms. The minimum absolute atomic E-state index is 0.575. The maximum Gasteiger partial charge on any atom is 0.307 e. The second-order valence-corrected chi connectivity index (χ2v) is 5.97. The van der Waals surface area contributed by atoms with E-state index in [0.717, 1.165) is 22.5 Å². The van der Waals surface area contributed by atoms with Crippen molar-refractivity contribution in [2.75, 3.05) is 0 Å². The molecule has 24 heavy (non-hydrogen) atoms. The lowest BCUT2D eigenvalue weighted by Gasteiger charge is -2.10. The smallest absolute Gasteiger partial charge is 0.307 e. The van der Waals surface area contributed by atoms with Crippen LogP contribution in [0.5, 0.6) is 11.8 Å². The summed E-state index contributed by atoms with van der Waals surface area (Å²) in [7, 11) is 0. The first kappa shape index (κ1) is 14.5. The third kappa shape index (κ3) is 2.65. The van der Waals surface area contributed by atoms with Crippen LogP contribution in [0.15, 0.2) is 72.8 Å². The lowest BCUT2D eigenvalue weighted by atomic mass is 10.2. The molecule has 0 fully saturated rings. The number of benzene rings is 3. The zero-order valence-corrected chi connectivity index (χ0v) is 13.7. The topological polar surface area (TPSA) is 27.1 Å². The number of para-hydroxylation sites is 1. The molecule has 0 spiro atoms. The van der Waals surface area contributed by atoms with Gasteiger partial charge in [-0.25, -0.2) is 0 Å². The molecule has 0 saturated heterocycles. The first-order valence-electron chi connectivity index (χ1n) is 8.00. The van der Waals surface area contributed by atoms with Gasteiger partial charge < -0.3 is 4.74 Å². The van der Waals surface area contributed by atoms with Crippen LogP contribution in [0.2, 0.25) is 0 Å². The van der Waals surface area contributed by atoms with Crippen molar-refractivity contribution in [3.8, 4) is 17.4 Å². The standard InChI is InChI=1S/C21H18N2O/c1-15-8-11-18(12-9-15)24-21-22-19-13-10-16(2)14-20(19)23(21)17-6-4-3-5-7-17/h3-14H,1-2H3. The van der Waals surface area contributed by atoms with E-state index in [1.807, 2.05) is 48.5 Å². The van der Waals surface area contributed by atoms with Crippen molar-refractivity contribution < 1.29 is 4.74 Å². The largest absolute Gasteiger partial charge is 0.425 e. The molecule has 4 rings (SSSR count). The van der Waals surface area contributed by atoms with Crippen LogP contribution >= 0.6 is 0 Å². The van der Waals surface area contributed by atoms with Gasteiger partial charge >= 0.3 is 6.01 Å². The lowest BCUT2D eigenvalue weighted by molar-refractivity contribution is 0.437. The van der Waals surface area contributed by atoms with Crippen LogP contribution < -0.4 is 4.74 Å².